The van der Waals surface area contributed by atoms with E-state index in [1.807, 2.05) is 32.9 Å². The number of para-hydroxylation sites is 1. The molecule has 0 saturated heterocycles. The molecule has 0 aliphatic carbocycles. The van der Waals surface area contributed by atoms with Gasteiger partial charge in [0, 0.05) is 21.1 Å². The molecule has 0 radical (unpaired) electrons. The average Bonchev–Trinajstić information content (AvgIpc) is 2.48. The number of aromatic nitrogens is 1. The maximum atomic E-state index is 3.20. The van der Waals surface area contributed by atoms with Crippen molar-refractivity contribution in [3.8, 4) is 0 Å². The van der Waals surface area contributed by atoms with Crippen LogP contribution in [0.2, 0.25) is 0 Å². The van der Waals surface area contributed by atoms with Gasteiger partial charge in [0.1, 0.15) is 0 Å². The summed E-state index contributed by atoms with van der Waals surface area (Å²) in [6, 6.07) is 11.4. The number of aryl methyl sites for hydroxylation is 1. The molecule has 0 bridgehead atoms. The SMILES string of the molecule is CC.Cc1[c-]c2ccccc2[nH]1.[W]. The average molecular weight is 344 g/mol. The summed E-state index contributed by atoms with van der Waals surface area (Å²) in [6.45, 7) is 6.01. The third-order valence-electron chi connectivity index (χ3n) is 1.57. The summed E-state index contributed by atoms with van der Waals surface area (Å²) in [5, 5.41) is 1.17. The molecule has 2 rings (SSSR count). The van der Waals surface area contributed by atoms with Crippen LogP contribution in [0.5, 0.6) is 0 Å². The fourth-order valence-corrected chi connectivity index (χ4v) is 1.14. The molecule has 0 aliphatic rings. The van der Waals surface area contributed by atoms with Crippen molar-refractivity contribution in [2.45, 2.75) is 20.8 Å². The zero-order valence-electron chi connectivity index (χ0n) is 8.22. The Morgan fingerprint density at radius 2 is 1.77 bits per heavy atom. The zero-order valence-corrected chi connectivity index (χ0v) is 11.2. The van der Waals surface area contributed by atoms with Crippen molar-refractivity contribution in [2.75, 3.05) is 0 Å². The van der Waals surface area contributed by atoms with Crippen molar-refractivity contribution >= 4 is 10.9 Å². The van der Waals surface area contributed by atoms with E-state index in [1.165, 1.54) is 10.9 Å². The van der Waals surface area contributed by atoms with Gasteiger partial charge in [0.15, 0.2) is 0 Å². The molecule has 1 nitrogen and oxygen atoms in total. The molecule has 1 heterocycles. The second kappa shape index (κ2) is 5.99. The number of aromatic amines is 1. The molecule has 2 heteroatoms. The van der Waals surface area contributed by atoms with Gasteiger partial charge < -0.3 is 4.98 Å². The molecule has 0 spiro atoms. The second-order valence-electron chi connectivity index (χ2n) is 2.42. The monoisotopic (exact) mass is 344 g/mol. The van der Waals surface area contributed by atoms with Gasteiger partial charge in [0.25, 0.3) is 0 Å². The summed E-state index contributed by atoms with van der Waals surface area (Å²) in [6.07, 6.45) is 0. The third kappa shape index (κ3) is 3.00. The molecule has 0 unspecified atom stereocenters. The van der Waals surface area contributed by atoms with E-state index < -0.39 is 0 Å². The van der Waals surface area contributed by atoms with Crippen LogP contribution in [0.15, 0.2) is 24.3 Å². The molecule has 0 aliphatic heterocycles. The molecule has 0 amide bonds. The Kier molecular flexibility index (Phi) is 5.73. The predicted octanol–water partition coefficient (Wildman–Crippen LogP) is 3.30. The van der Waals surface area contributed by atoms with Crippen LogP contribution in [0.25, 0.3) is 10.9 Å². The Hall–Kier alpha value is -0.552. The fourth-order valence-electron chi connectivity index (χ4n) is 1.14. The maximum absolute atomic E-state index is 3.20. The van der Waals surface area contributed by atoms with Gasteiger partial charge in [-0.2, -0.15) is 17.5 Å². The van der Waals surface area contributed by atoms with Crippen molar-refractivity contribution in [3.05, 3.63) is 36.0 Å². The Labute approximate surface area is 93.8 Å². The minimum absolute atomic E-state index is 0. The van der Waals surface area contributed by atoms with Gasteiger partial charge in [0.05, 0.1) is 0 Å². The Morgan fingerprint density at radius 1 is 1.15 bits per heavy atom. The molecule has 0 saturated carbocycles. The van der Waals surface area contributed by atoms with E-state index in [0.29, 0.717) is 0 Å². The van der Waals surface area contributed by atoms with Crippen LogP contribution >= 0.6 is 0 Å². The maximum Gasteiger partial charge on any atom is 0 e. The van der Waals surface area contributed by atoms with Crippen molar-refractivity contribution in [2.24, 2.45) is 0 Å². The molecule has 0 atom stereocenters. The van der Waals surface area contributed by atoms with E-state index in [4.69, 9.17) is 0 Å². The van der Waals surface area contributed by atoms with E-state index in [0.717, 1.165) is 5.69 Å². The summed E-state index contributed by atoms with van der Waals surface area (Å²) in [7, 11) is 0. The minimum atomic E-state index is 0. The van der Waals surface area contributed by atoms with Gasteiger partial charge in [0.2, 0.25) is 0 Å². The van der Waals surface area contributed by atoms with Gasteiger partial charge in [-0.1, -0.05) is 37.2 Å². The van der Waals surface area contributed by atoms with E-state index in [1.54, 1.807) is 0 Å². The molecule has 2 aromatic rings. The number of rotatable bonds is 0. The van der Waals surface area contributed by atoms with Crippen molar-refractivity contribution in [3.63, 3.8) is 0 Å². The van der Waals surface area contributed by atoms with Gasteiger partial charge >= 0.3 is 0 Å². The number of hydrogen-bond donors (Lipinski definition) is 1. The first-order chi connectivity index (χ1) is 5.86. The summed E-state index contributed by atoms with van der Waals surface area (Å²) in [4.78, 5) is 3.20. The van der Waals surface area contributed by atoms with Crippen molar-refractivity contribution < 1.29 is 21.1 Å². The Morgan fingerprint density at radius 3 is 2.38 bits per heavy atom. The van der Waals surface area contributed by atoms with Crippen LogP contribution in [0.1, 0.15) is 19.5 Å². The molecule has 1 N–H and O–H groups in total. The van der Waals surface area contributed by atoms with E-state index in [-0.39, 0.29) is 21.1 Å². The van der Waals surface area contributed by atoms with E-state index in [9.17, 15) is 0 Å². The van der Waals surface area contributed by atoms with Gasteiger partial charge in [-0.25, -0.2) is 0 Å². The largest absolute Gasteiger partial charge is 0.422 e. The standard InChI is InChI=1S/C9H8N.C2H6.W/c1-7-6-8-4-2-3-5-9(8)10-7;1-2;/h2-5,10H,1H3;1-2H3;/q-1;;. The first-order valence-corrected chi connectivity index (χ1v) is 4.33. The van der Waals surface area contributed by atoms with Gasteiger partial charge in [-0.05, 0) is 6.92 Å². The van der Waals surface area contributed by atoms with Crippen molar-refractivity contribution in [1.29, 1.82) is 0 Å². The quantitative estimate of drug-likeness (QED) is 0.706. The first kappa shape index (κ1) is 12.4. The third-order valence-corrected chi connectivity index (χ3v) is 1.57. The molecule has 0 fully saturated rings. The van der Waals surface area contributed by atoms with Crippen molar-refractivity contribution in [1.82, 2.24) is 4.98 Å². The van der Waals surface area contributed by atoms with Crippen LogP contribution < -0.4 is 0 Å². The number of H-pyrrole nitrogens is 1. The Bertz CT molecular complexity index is 319. The van der Waals surface area contributed by atoms with Gasteiger partial charge in [-0.15, -0.1) is 6.07 Å². The predicted molar refractivity (Wildman–Crippen MR) is 53.2 cm³/mol. The number of hydrogen-bond acceptors (Lipinski definition) is 0. The first-order valence-electron chi connectivity index (χ1n) is 4.33. The molecular weight excluding hydrogens is 330 g/mol. The summed E-state index contributed by atoms with van der Waals surface area (Å²) in [5.74, 6) is 0. The smallest absolute Gasteiger partial charge is 0 e. The summed E-state index contributed by atoms with van der Waals surface area (Å²) < 4.78 is 0. The molecule has 1 aromatic heterocycles. The fraction of sp³-hybridized carbons (Fsp3) is 0.273. The van der Waals surface area contributed by atoms with Crippen LogP contribution in [0.3, 0.4) is 0 Å². The van der Waals surface area contributed by atoms with E-state index in [2.05, 4.69) is 23.2 Å². The normalized spacial score (nSPS) is 8.54. The number of fused-ring (bicyclic) bond motifs is 1. The van der Waals surface area contributed by atoms with Crippen LogP contribution in [-0.2, 0) is 21.1 Å². The number of benzene rings is 1. The molecular formula is C11H14NW-. The zero-order chi connectivity index (χ0) is 8.97. The van der Waals surface area contributed by atoms with Crippen LogP contribution in [0.4, 0.5) is 0 Å². The Balaban J connectivity index is 0.000000451. The van der Waals surface area contributed by atoms with Gasteiger partial charge in [-0.3, -0.25) is 0 Å². The summed E-state index contributed by atoms with van der Waals surface area (Å²) in [5.41, 5.74) is 2.27. The van der Waals surface area contributed by atoms with E-state index >= 15 is 0 Å². The molecule has 70 valence electrons. The minimum Gasteiger partial charge on any atom is -0.422 e. The molecule has 1 aromatic carbocycles. The van der Waals surface area contributed by atoms with Crippen LogP contribution in [-0.4, -0.2) is 4.98 Å². The van der Waals surface area contributed by atoms with Crippen LogP contribution in [0, 0.1) is 13.0 Å². The summed E-state index contributed by atoms with van der Waals surface area (Å²) >= 11 is 0. The molecule has 13 heavy (non-hydrogen) atoms. The topological polar surface area (TPSA) is 15.8 Å². The second-order valence-corrected chi connectivity index (χ2v) is 2.42. The number of nitrogens with one attached hydrogen (secondary N) is 1.